The Hall–Kier alpha value is -0.890. The molecule has 0 heterocycles. The Balaban J connectivity index is 2.90. The molecule has 1 aromatic rings. The second-order valence-corrected chi connectivity index (χ2v) is 4.34. The maximum Gasteiger partial charge on any atom is 0.122 e. The minimum Gasteiger partial charge on any atom is -0.383 e. The molecule has 84 valence electrons. The first kappa shape index (κ1) is 12.2. The van der Waals surface area contributed by atoms with Crippen molar-refractivity contribution in [3.05, 3.63) is 35.4 Å². The van der Waals surface area contributed by atoms with Crippen molar-refractivity contribution in [3.8, 4) is 0 Å². The quantitative estimate of drug-likeness (QED) is 0.807. The molecule has 0 spiro atoms. The van der Waals surface area contributed by atoms with Gasteiger partial charge in [-0.25, -0.2) is 4.39 Å². The van der Waals surface area contributed by atoms with Crippen LogP contribution in [-0.4, -0.2) is 11.8 Å². The van der Waals surface area contributed by atoms with E-state index in [0.29, 0.717) is 11.5 Å². The zero-order valence-corrected chi connectivity index (χ0v) is 9.63. The van der Waals surface area contributed by atoms with Crippen molar-refractivity contribution >= 4 is 0 Å². The standard InChI is InChI=1S/C13H19FO/c1-4-10(2)11-5-7-12(8-6-11)13(3,15)9-14/h5-8,10,15H,4,9H2,1-3H3. The molecule has 0 aliphatic carbocycles. The number of benzene rings is 1. The molecule has 0 saturated heterocycles. The number of hydrogen-bond donors (Lipinski definition) is 1. The average molecular weight is 210 g/mol. The van der Waals surface area contributed by atoms with Crippen LogP contribution in [0.4, 0.5) is 4.39 Å². The summed E-state index contributed by atoms with van der Waals surface area (Å²) < 4.78 is 12.5. The van der Waals surface area contributed by atoms with Crippen molar-refractivity contribution in [2.75, 3.05) is 6.67 Å². The van der Waals surface area contributed by atoms with Crippen LogP contribution >= 0.6 is 0 Å². The van der Waals surface area contributed by atoms with E-state index in [-0.39, 0.29) is 0 Å². The van der Waals surface area contributed by atoms with Gasteiger partial charge in [0, 0.05) is 0 Å². The van der Waals surface area contributed by atoms with Crippen LogP contribution in [0.1, 0.15) is 44.2 Å². The first-order valence-electron chi connectivity index (χ1n) is 5.40. The van der Waals surface area contributed by atoms with Crippen molar-refractivity contribution in [3.63, 3.8) is 0 Å². The molecule has 15 heavy (non-hydrogen) atoms. The van der Waals surface area contributed by atoms with Crippen LogP contribution in [0.2, 0.25) is 0 Å². The highest BCUT2D eigenvalue weighted by Gasteiger charge is 2.22. The third kappa shape index (κ3) is 2.78. The van der Waals surface area contributed by atoms with Gasteiger partial charge >= 0.3 is 0 Å². The lowest BCUT2D eigenvalue weighted by atomic mass is 9.92. The van der Waals surface area contributed by atoms with E-state index < -0.39 is 12.3 Å². The Morgan fingerprint density at radius 2 is 1.87 bits per heavy atom. The number of alkyl halides is 1. The summed E-state index contributed by atoms with van der Waals surface area (Å²) in [7, 11) is 0. The summed E-state index contributed by atoms with van der Waals surface area (Å²) >= 11 is 0. The summed E-state index contributed by atoms with van der Waals surface area (Å²) in [5, 5.41) is 9.71. The van der Waals surface area contributed by atoms with E-state index in [1.165, 1.54) is 12.5 Å². The fourth-order valence-corrected chi connectivity index (χ4v) is 1.48. The Morgan fingerprint density at radius 3 is 2.27 bits per heavy atom. The average Bonchev–Trinajstić information content (AvgIpc) is 2.28. The molecule has 2 heteroatoms. The number of rotatable bonds is 4. The normalized spacial score (nSPS) is 17.1. The summed E-state index contributed by atoms with van der Waals surface area (Å²) in [4.78, 5) is 0. The first-order chi connectivity index (χ1) is 7.01. The van der Waals surface area contributed by atoms with E-state index in [9.17, 15) is 9.50 Å². The van der Waals surface area contributed by atoms with Gasteiger partial charge in [-0.15, -0.1) is 0 Å². The molecule has 1 rings (SSSR count). The molecule has 1 N–H and O–H groups in total. The molecule has 0 saturated carbocycles. The Kier molecular flexibility index (Phi) is 3.86. The lowest BCUT2D eigenvalue weighted by Crippen LogP contribution is -2.23. The second kappa shape index (κ2) is 4.75. The maximum absolute atomic E-state index is 12.5. The highest BCUT2D eigenvalue weighted by atomic mass is 19.1. The Morgan fingerprint density at radius 1 is 1.33 bits per heavy atom. The van der Waals surface area contributed by atoms with E-state index in [0.717, 1.165) is 6.42 Å². The fraction of sp³-hybridized carbons (Fsp3) is 0.538. The molecule has 0 aliphatic heterocycles. The van der Waals surface area contributed by atoms with Crippen molar-refractivity contribution in [1.29, 1.82) is 0 Å². The predicted octanol–water partition coefficient (Wildman–Crippen LogP) is 3.38. The number of aliphatic hydroxyl groups is 1. The molecule has 0 amide bonds. The lowest BCUT2D eigenvalue weighted by Gasteiger charge is -2.20. The SMILES string of the molecule is CCC(C)c1ccc(C(C)(O)CF)cc1. The summed E-state index contributed by atoms with van der Waals surface area (Å²) in [5.74, 6) is 0.509. The third-order valence-corrected chi connectivity index (χ3v) is 2.97. The van der Waals surface area contributed by atoms with Gasteiger partial charge in [-0.2, -0.15) is 0 Å². The van der Waals surface area contributed by atoms with E-state index in [1.54, 1.807) is 12.1 Å². The number of hydrogen-bond acceptors (Lipinski definition) is 1. The first-order valence-corrected chi connectivity index (χ1v) is 5.40. The smallest absolute Gasteiger partial charge is 0.122 e. The number of halogens is 1. The van der Waals surface area contributed by atoms with Crippen LogP contribution < -0.4 is 0 Å². The van der Waals surface area contributed by atoms with E-state index in [2.05, 4.69) is 13.8 Å². The van der Waals surface area contributed by atoms with Crippen LogP contribution in [-0.2, 0) is 5.60 Å². The topological polar surface area (TPSA) is 20.2 Å². The van der Waals surface area contributed by atoms with Crippen LogP contribution in [0.15, 0.2) is 24.3 Å². The van der Waals surface area contributed by atoms with Crippen molar-refractivity contribution in [2.24, 2.45) is 0 Å². The van der Waals surface area contributed by atoms with Gasteiger partial charge in [0.2, 0.25) is 0 Å². The minimum absolute atomic E-state index is 0.509. The zero-order chi connectivity index (χ0) is 11.5. The van der Waals surface area contributed by atoms with E-state index in [4.69, 9.17) is 0 Å². The largest absolute Gasteiger partial charge is 0.383 e. The molecule has 1 aromatic carbocycles. The molecular weight excluding hydrogens is 191 g/mol. The van der Waals surface area contributed by atoms with Gasteiger partial charge in [-0.3, -0.25) is 0 Å². The monoisotopic (exact) mass is 210 g/mol. The molecule has 1 nitrogen and oxygen atoms in total. The molecule has 0 radical (unpaired) electrons. The van der Waals surface area contributed by atoms with Crippen LogP contribution in [0, 0.1) is 0 Å². The van der Waals surface area contributed by atoms with E-state index in [1.807, 2.05) is 12.1 Å². The van der Waals surface area contributed by atoms with Gasteiger partial charge in [0.05, 0.1) is 0 Å². The van der Waals surface area contributed by atoms with Gasteiger partial charge < -0.3 is 5.11 Å². The molecule has 2 atom stereocenters. The lowest BCUT2D eigenvalue weighted by molar-refractivity contribution is 0.0300. The Labute approximate surface area is 90.9 Å². The van der Waals surface area contributed by atoms with Gasteiger partial charge in [-0.05, 0) is 30.4 Å². The highest BCUT2D eigenvalue weighted by molar-refractivity contribution is 5.28. The summed E-state index contributed by atoms with van der Waals surface area (Å²) in [6.07, 6.45) is 1.08. The summed E-state index contributed by atoms with van der Waals surface area (Å²) in [6, 6.07) is 7.55. The predicted molar refractivity (Wildman–Crippen MR) is 60.7 cm³/mol. The maximum atomic E-state index is 12.5. The fourth-order valence-electron chi connectivity index (χ4n) is 1.48. The van der Waals surface area contributed by atoms with E-state index >= 15 is 0 Å². The summed E-state index contributed by atoms with van der Waals surface area (Å²) in [5.41, 5.74) is 0.515. The molecule has 2 unspecified atom stereocenters. The third-order valence-electron chi connectivity index (χ3n) is 2.97. The van der Waals surface area contributed by atoms with Crippen LogP contribution in [0.5, 0.6) is 0 Å². The zero-order valence-electron chi connectivity index (χ0n) is 9.63. The molecule has 0 bridgehead atoms. The van der Waals surface area contributed by atoms with Crippen LogP contribution in [0.25, 0.3) is 0 Å². The molecular formula is C13H19FO. The minimum atomic E-state index is -1.35. The van der Waals surface area contributed by atoms with Gasteiger partial charge in [0.1, 0.15) is 12.3 Å². The van der Waals surface area contributed by atoms with Gasteiger partial charge in [0.15, 0.2) is 0 Å². The van der Waals surface area contributed by atoms with Crippen LogP contribution in [0.3, 0.4) is 0 Å². The second-order valence-electron chi connectivity index (χ2n) is 4.34. The Bertz CT molecular complexity index is 303. The van der Waals surface area contributed by atoms with Crippen molar-refractivity contribution < 1.29 is 9.50 Å². The van der Waals surface area contributed by atoms with Crippen molar-refractivity contribution in [1.82, 2.24) is 0 Å². The van der Waals surface area contributed by atoms with Crippen molar-refractivity contribution in [2.45, 2.75) is 38.7 Å². The highest BCUT2D eigenvalue weighted by Crippen LogP contribution is 2.24. The van der Waals surface area contributed by atoms with Gasteiger partial charge in [0.25, 0.3) is 0 Å². The van der Waals surface area contributed by atoms with Gasteiger partial charge in [-0.1, -0.05) is 38.1 Å². The molecule has 0 fully saturated rings. The molecule has 0 aliphatic rings. The molecule has 0 aromatic heterocycles. The summed E-state index contributed by atoms with van der Waals surface area (Å²) in [6.45, 7) is 5.03.